The molecule has 100 valence electrons. The molecular formula is C16H23FO. The molecule has 0 aliphatic heterocycles. The zero-order valence-electron chi connectivity index (χ0n) is 11.5. The lowest BCUT2D eigenvalue weighted by Gasteiger charge is -2.41. The third kappa shape index (κ3) is 2.74. The molecule has 2 heteroatoms. The fourth-order valence-corrected chi connectivity index (χ4v) is 3.11. The summed E-state index contributed by atoms with van der Waals surface area (Å²) in [5.41, 5.74) is 1.35. The van der Waals surface area contributed by atoms with E-state index in [2.05, 4.69) is 13.8 Å². The predicted molar refractivity (Wildman–Crippen MR) is 72.0 cm³/mol. The molecule has 1 aliphatic carbocycles. The number of benzene rings is 1. The van der Waals surface area contributed by atoms with Crippen LogP contribution in [-0.2, 0) is 6.42 Å². The van der Waals surface area contributed by atoms with Gasteiger partial charge in [0.2, 0.25) is 0 Å². The van der Waals surface area contributed by atoms with E-state index in [1.54, 1.807) is 12.1 Å². The molecule has 3 unspecified atom stereocenters. The van der Waals surface area contributed by atoms with Gasteiger partial charge in [-0.1, -0.05) is 19.9 Å². The summed E-state index contributed by atoms with van der Waals surface area (Å²) in [7, 11) is 0. The minimum atomic E-state index is -0.662. The maximum atomic E-state index is 13.3. The number of hydrogen-bond donors (Lipinski definition) is 1. The van der Waals surface area contributed by atoms with Crippen molar-refractivity contribution in [2.45, 2.75) is 52.1 Å². The van der Waals surface area contributed by atoms with Crippen LogP contribution in [0, 0.1) is 24.6 Å². The van der Waals surface area contributed by atoms with E-state index in [1.165, 1.54) is 6.07 Å². The first-order chi connectivity index (χ1) is 8.40. The Morgan fingerprint density at radius 1 is 1.39 bits per heavy atom. The Hall–Kier alpha value is -0.890. The highest BCUT2D eigenvalue weighted by Gasteiger charge is 2.38. The highest BCUT2D eigenvalue weighted by molar-refractivity contribution is 5.28. The summed E-state index contributed by atoms with van der Waals surface area (Å²) in [5.74, 6) is 0.758. The van der Waals surface area contributed by atoms with Gasteiger partial charge in [0.15, 0.2) is 0 Å². The van der Waals surface area contributed by atoms with Crippen LogP contribution in [0.15, 0.2) is 18.2 Å². The molecule has 0 spiro atoms. The van der Waals surface area contributed by atoms with Gasteiger partial charge in [-0.3, -0.25) is 0 Å². The minimum absolute atomic E-state index is 0.212. The van der Waals surface area contributed by atoms with Gasteiger partial charge >= 0.3 is 0 Å². The van der Waals surface area contributed by atoms with E-state index in [9.17, 15) is 9.50 Å². The van der Waals surface area contributed by atoms with E-state index >= 15 is 0 Å². The van der Waals surface area contributed by atoms with Crippen LogP contribution in [0.4, 0.5) is 4.39 Å². The van der Waals surface area contributed by atoms with Crippen molar-refractivity contribution in [3.8, 4) is 0 Å². The van der Waals surface area contributed by atoms with Crippen LogP contribution in [-0.4, -0.2) is 10.7 Å². The highest BCUT2D eigenvalue weighted by Crippen LogP contribution is 2.39. The maximum Gasteiger partial charge on any atom is 0.123 e. The number of halogens is 1. The van der Waals surface area contributed by atoms with Crippen LogP contribution in [0.1, 0.15) is 44.2 Å². The van der Waals surface area contributed by atoms with Crippen molar-refractivity contribution in [1.82, 2.24) is 0 Å². The van der Waals surface area contributed by atoms with Gasteiger partial charge < -0.3 is 5.11 Å². The second-order valence-electron chi connectivity index (χ2n) is 6.13. The van der Waals surface area contributed by atoms with E-state index < -0.39 is 5.60 Å². The van der Waals surface area contributed by atoms with Crippen LogP contribution >= 0.6 is 0 Å². The highest BCUT2D eigenvalue weighted by atomic mass is 19.1. The Bertz CT molecular complexity index is 429. The van der Waals surface area contributed by atoms with E-state index in [1.807, 2.05) is 6.92 Å². The zero-order valence-corrected chi connectivity index (χ0v) is 11.5. The first kappa shape index (κ1) is 13.5. The number of hydrogen-bond acceptors (Lipinski definition) is 1. The van der Waals surface area contributed by atoms with Crippen molar-refractivity contribution >= 4 is 0 Å². The summed E-state index contributed by atoms with van der Waals surface area (Å²) in [6.45, 7) is 6.34. The molecule has 0 heterocycles. The van der Waals surface area contributed by atoms with Crippen molar-refractivity contribution in [2.24, 2.45) is 11.8 Å². The van der Waals surface area contributed by atoms with Crippen LogP contribution in [0.5, 0.6) is 0 Å². The molecule has 18 heavy (non-hydrogen) atoms. The van der Waals surface area contributed by atoms with Gasteiger partial charge in [0, 0.05) is 6.42 Å². The first-order valence-corrected chi connectivity index (χ1v) is 6.88. The molecule has 1 aliphatic rings. The Labute approximate surface area is 109 Å². The van der Waals surface area contributed by atoms with Gasteiger partial charge in [0.25, 0.3) is 0 Å². The fourth-order valence-electron chi connectivity index (χ4n) is 3.11. The molecule has 1 saturated carbocycles. The lowest BCUT2D eigenvalue weighted by molar-refractivity contribution is -0.0523. The molecule has 0 amide bonds. The average molecular weight is 250 g/mol. The lowest BCUT2D eigenvalue weighted by atomic mass is 9.69. The second-order valence-corrected chi connectivity index (χ2v) is 6.13. The van der Waals surface area contributed by atoms with Gasteiger partial charge in [-0.05, 0) is 61.3 Å². The van der Waals surface area contributed by atoms with Crippen LogP contribution in [0.25, 0.3) is 0 Å². The Morgan fingerprint density at radius 2 is 2.11 bits per heavy atom. The molecule has 0 saturated heterocycles. The van der Waals surface area contributed by atoms with Crippen LogP contribution in [0.3, 0.4) is 0 Å². The molecule has 3 atom stereocenters. The quantitative estimate of drug-likeness (QED) is 0.845. The third-order valence-electron chi connectivity index (χ3n) is 4.55. The number of rotatable bonds is 2. The van der Waals surface area contributed by atoms with Gasteiger partial charge in [0.1, 0.15) is 5.82 Å². The molecule has 2 rings (SSSR count). The maximum absolute atomic E-state index is 13.3. The Balaban J connectivity index is 2.19. The van der Waals surface area contributed by atoms with Gasteiger partial charge in [0.05, 0.1) is 5.60 Å². The summed E-state index contributed by atoms with van der Waals surface area (Å²) < 4.78 is 13.3. The van der Waals surface area contributed by atoms with E-state index in [4.69, 9.17) is 0 Å². The molecular weight excluding hydrogens is 227 g/mol. The largest absolute Gasteiger partial charge is 0.389 e. The summed E-state index contributed by atoms with van der Waals surface area (Å²) >= 11 is 0. The molecule has 0 aromatic heterocycles. The smallest absolute Gasteiger partial charge is 0.123 e. The molecule has 0 bridgehead atoms. The topological polar surface area (TPSA) is 20.2 Å². The monoisotopic (exact) mass is 250 g/mol. The van der Waals surface area contributed by atoms with E-state index in [0.29, 0.717) is 12.3 Å². The van der Waals surface area contributed by atoms with Gasteiger partial charge in [-0.15, -0.1) is 0 Å². The summed E-state index contributed by atoms with van der Waals surface area (Å²) in [6.07, 6.45) is 3.52. The summed E-state index contributed by atoms with van der Waals surface area (Å²) in [6, 6.07) is 4.84. The number of aliphatic hydroxyl groups is 1. The zero-order chi connectivity index (χ0) is 13.3. The Morgan fingerprint density at radius 3 is 2.78 bits per heavy atom. The van der Waals surface area contributed by atoms with Crippen molar-refractivity contribution in [3.05, 3.63) is 35.1 Å². The molecule has 0 radical (unpaired) electrons. The van der Waals surface area contributed by atoms with Crippen molar-refractivity contribution in [1.29, 1.82) is 0 Å². The SMILES string of the molecule is Cc1ccc(F)cc1CC1(O)CCC(C)CC1C. The van der Waals surface area contributed by atoms with Crippen molar-refractivity contribution in [3.63, 3.8) is 0 Å². The lowest BCUT2D eigenvalue weighted by Crippen LogP contribution is -2.43. The minimum Gasteiger partial charge on any atom is -0.389 e. The molecule has 1 N–H and O–H groups in total. The molecule has 1 aromatic carbocycles. The first-order valence-electron chi connectivity index (χ1n) is 6.88. The Kier molecular flexibility index (Phi) is 3.76. The predicted octanol–water partition coefficient (Wildman–Crippen LogP) is 3.86. The molecule has 1 nitrogen and oxygen atoms in total. The van der Waals surface area contributed by atoms with Crippen LogP contribution < -0.4 is 0 Å². The summed E-state index contributed by atoms with van der Waals surface area (Å²) in [4.78, 5) is 0. The summed E-state index contributed by atoms with van der Waals surface area (Å²) in [5, 5.41) is 10.8. The average Bonchev–Trinajstić information content (AvgIpc) is 2.30. The molecule has 1 aromatic rings. The van der Waals surface area contributed by atoms with Gasteiger partial charge in [-0.25, -0.2) is 4.39 Å². The third-order valence-corrected chi connectivity index (χ3v) is 4.55. The standard InChI is InChI=1S/C16H23FO/c1-11-6-7-16(18,13(3)8-11)10-14-9-15(17)5-4-12(14)2/h4-5,9,11,13,18H,6-8,10H2,1-3H3. The fraction of sp³-hybridized carbons (Fsp3) is 0.625. The second kappa shape index (κ2) is 5.00. The normalized spacial score (nSPS) is 32.5. The molecule has 1 fully saturated rings. The van der Waals surface area contributed by atoms with Crippen molar-refractivity contribution in [2.75, 3.05) is 0 Å². The van der Waals surface area contributed by atoms with Gasteiger partial charge in [-0.2, -0.15) is 0 Å². The van der Waals surface area contributed by atoms with Crippen LogP contribution in [0.2, 0.25) is 0 Å². The number of aryl methyl sites for hydroxylation is 1. The van der Waals surface area contributed by atoms with E-state index in [-0.39, 0.29) is 11.7 Å². The van der Waals surface area contributed by atoms with E-state index in [0.717, 1.165) is 30.4 Å². The van der Waals surface area contributed by atoms with Crippen molar-refractivity contribution < 1.29 is 9.50 Å².